The average Bonchev–Trinajstić information content (AvgIpc) is 3.50. The molecule has 1 aromatic carbocycles. The highest BCUT2D eigenvalue weighted by atomic mass is 35.5. The van der Waals surface area contributed by atoms with E-state index in [1.165, 1.54) is 5.38 Å². The molecule has 1 N–H and O–H groups in total. The summed E-state index contributed by atoms with van der Waals surface area (Å²) in [5.74, 6) is -1.95. The molecule has 0 unspecified atom stereocenters. The van der Waals surface area contributed by atoms with Gasteiger partial charge in [-0.3, -0.25) is 4.79 Å². The third-order valence-electron chi connectivity index (χ3n) is 3.79. The lowest BCUT2D eigenvalue weighted by molar-refractivity contribution is 0.0994. The van der Waals surface area contributed by atoms with Crippen molar-refractivity contribution >= 4 is 44.6 Å². The van der Waals surface area contributed by atoms with Gasteiger partial charge in [0.15, 0.2) is 17.3 Å². The van der Waals surface area contributed by atoms with Crippen LogP contribution in [0.4, 0.5) is 5.88 Å². The van der Waals surface area contributed by atoms with E-state index in [2.05, 4.69) is 5.16 Å². The highest BCUT2D eigenvalue weighted by Gasteiger charge is 2.27. The Kier molecular flexibility index (Phi) is 3.10. The summed E-state index contributed by atoms with van der Waals surface area (Å²) >= 11 is 6.64. The molecule has 0 radical (unpaired) electrons. The van der Waals surface area contributed by atoms with Crippen molar-refractivity contribution in [3.63, 3.8) is 0 Å². The summed E-state index contributed by atoms with van der Waals surface area (Å²) in [7, 11) is -4.56. The molecular formula is C18H15ClN2O6S2. The van der Waals surface area contributed by atoms with Crippen molar-refractivity contribution in [2.75, 3.05) is 11.5 Å². The molecule has 0 fully saturated rings. The number of aryl methyl sites for hydroxylation is 1. The quantitative estimate of drug-likeness (QED) is 0.552. The second-order valence-electron chi connectivity index (χ2n) is 5.66. The number of halogens is 1. The minimum Gasteiger partial charge on any atom is -0.454 e. The summed E-state index contributed by atoms with van der Waals surface area (Å²) < 4.78 is 105. The number of rotatable bonds is 6. The van der Waals surface area contributed by atoms with Crippen LogP contribution in [0.25, 0.3) is 0 Å². The normalized spacial score (nSPS) is 17.8. The van der Waals surface area contributed by atoms with Gasteiger partial charge in [-0.2, -0.15) is 0 Å². The maximum absolute atomic E-state index is 13.2. The van der Waals surface area contributed by atoms with Crippen molar-refractivity contribution in [1.29, 1.82) is 0 Å². The van der Waals surface area contributed by atoms with Crippen molar-refractivity contribution in [2.24, 2.45) is 0 Å². The summed E-state index contributed by atoms with van der Waals surface area (Å²) in [4.78, 5) is 12.4. The molecule has 152 valence electrons. The zero-order chi connectivity index (χ0) is 27.5. The molecule has 1 aliphatic rings. The van der Waals surface area contributed by atoms with E-state index in [-0.39, 0.29) is 28.7 Å². The molecule has 0 atom stereocenters. The van der Waals surface area contributed by atoms with E-state index >= 15 is 0 Å². The first-order valence-electron chi connectivity index (χ1n) is 11.7. The van der Waals surface area contributed by atoms with Crippen molar-refractivity contribution in [3.8, 4) is 11.5 Å². The number of fused-ring (bicyclic) bond motifs is 1. The number of sulfonamides is 1. The Labute approximate surface area is 186 Å². The second-order valence-corrected chi connectivity index (χ2v) is 8.61. The van der Waals surface area contributed by atoms with E-state index in [1.54, 1.807) is 0 Å². The number of hydrogen-bond acceptors (Lipinski definition) is 8. The van der Waals surface area contributed by atoms with E-state index in [0.717, 1.165) is 17.4 Å². The number of nitrogens with zero attached hydrogens (tertiary/aromatic N) is 1. The summed E-state index contributed by atoms with van der Waals surface area (Å²) in [5.41, 5.74) is -1.58. The monoisotopic (exact) mass is 462 g/mol. The van der Waals surface area contributed by atoms with Crippen LogP contribution in [0.2, 0.25) is 5.02 Å². The van der Waals surface area contributed by atoms with Crippen molar-refractivity contribution in [2.45, 2.75) is 25.0 Å². The first-order valence-corrected chi connectivity index (χ1v) is 10.5. The Balaban J connectivity index is 1.71. The zero-order valence-corrected chi connectivity index (χ0v) is 16.5. The van der Waals surface area contributed by atoms with E-state index in [4.69, 9.17) is 36.6 Å². The molecule has 0 aliphatic carbocycles. The number of carbonyl (C=O) groups is 1. The summed E-state index contributed by atoms with van der Waals surface area (Å²) in [6.07, 6.45) is -0.732. The lowest BCUT2D eigenvalue weighted by atomic mass is 10.0. The fraction of sp³-hybridized carbons (Fsp3) is 0.222. The molecule has 8 nitrogen and oxygen atoms in total. The summed E-state index contributed by atoms with van der Waals surface area (Å²) in [6.45, 7) is -6.00. The molecule has 0 amide bonds. The second kappa shape index (κ2) is 7.36. The van der Waals surface area contributed by atoms with Gasteiger partial charge in [-0.15, -0.1) is 11.3 Å². The van der Waals surface area contributed by atoms with Crippen molar-refractivity contribution in [1.82, 2.24) is 5.16 Å². The van der Waals surface area contributed by atoms with Crippen LogP contribution in [-0.2, 0) is 16.4 Å². The largest absolute Gasteiger partial charge is 0.454 e. The van der Waals surface area contributed by atoms with Crippen molar-refractivity contribution in [3.05, 3.63) is 50.3 Å². The van der Waals surface area contributed by atoms with Crippen LogP contribution < -0.4 is 14.2 Å². The van der Waals surface area contributed by atoms with Crippen LogP contribution in [0.15, 0.2) is 32.9 Å². The topological polar surface area (TPSA) is 108 Å². The Hall–Kier alpha value is -2.56. The Bertz CT molecular complexity index is 1510. The number of anilines is 1. The lowest BCUT2D eigenvalue weighted by Gasteiger charge is -2.09. The Morgan fingerprint density at radius 3 is 2.90 bits per heavy atom. The average molecular weight is 463 g/mol. The highest BCUT2D eigenvalue weighted by molar-refractivity contribution is 7.93. The number of aromatic nitrogens is 1. The van der Waals surface area contributed by atoms with Gasteiger partial charge in [0.1, 0.15) is 15.6 Å². The minimum absolute atomic E-state index is 0.188. The number of ether oxygens (including phenoxy) is 2. The van der Waals surface area contributed by atoms with Crippen LogP contribution in [0.3, 0.4) is 0 Å². The van der Waals surface area contributed by atoms with E-state index in [1.807, 2.05) is 4.72 Å². The molecule has 0 spiro atoms. The number of benzene rings is 1. The van der Waals surface area contributed by atoms with Gasteiger partial charge in [0.25, 0.3) is 15.9 Å². The summed E-state index contributed by atoms with van der Waals surface area (Å²) in [6, 6.07) is 0.0708. The lowest BCUT2D eigenvalue weighted by Crippen LogP contribution is -2.16. The standard InChI is InChI=1S/C18H15ClN2O6S2/c1-9-5-13-14(26-8-25-13)7-11(9)6-12(22)17-15(3-4-28-17)29(23,24)21-18-16(19)10(2)20-27-18/h3-5,7,21H,6,8H2,1-2H3/i1D3,2D3,5D,7D. The number of carbonyl (C=O) groups excluding carboxylic acids is 1. The molecule has 3 heterocycles. The van der Waals surface area contributed by atoms with E-state index < -0.39 is 75.1 Å². The van der Waals surface area contributed by atoms with Gasteiger partial charge in [0.05, 0.1) is 7.62 Å². The molecule has 0 bridgehead atoms. The molecule has 11 heteroatoms. The van der Waals surface area contributed by atoms with E-state index in [9.17, 15) is 13.2 Å². The predicted molar refractivity (Wildman–Crippen MR) is 107 cm³/mol. The van der Waals surface area contributed by atoms with Crippen LogP contribution in [-0.4, -0.2) is 26.2 Å². The van der Waals surface area contributed by atoms with Crippen LogP contribution >= 0.6 is 22.9 Å². The molecule has 0 saturated carbocycles. The van der Waals surface area contributed by atoms with Crippen LogP contribution in [0, 0.1) is 13.7 Å². The number of Topliss-reactive ketones (excluding diaryl/α,β-unsaturated/α-hetero) is 1. The van der Waals surface area contributed by atoms with Crippen molar-refractivity contribution < 1.29 is 38.2 Å². The van der Waals surface area contributed by atoms with Gasteiger partial charge in [-0.1, -0.05) is 16.8 Å². The van der Waals surface area contributed by atoms with Gasteiger partial charge in [0, 0.05) is 14.6 Å². The molecular weight excluding hydrogens is 440 g/mol. The predicted octanol–water partition coefficient (Wildman–Crippen LogP) is 3.96. The molecule has 1 aliphatic heterocycles. The van der Waals surface area contributed by atoms with E-state index in [0.29, 0.717) is 0 Å². The SMILES string of the molecule is [2H]c1c(CC(=O)c2sccc2S(=O)(=O)Nc2onc(C([2H])([2H])[2H])c2Cl)c(C([2H])([2H])[2H])c([2H])c2c1OCO2. The number of thiophene rings is 1. The maximum Gasteiger partial charge on any atom is 0.265 e. The molecule has 3 aromatic rings. The smallest absolute Gasteiger partial charge is 0.265 e. The first kappa shape index (κ1) is 12.2. The molecule has 4 rings (SSSR count). The van der Waals surface area contributed by atoms with Gasteiger partial charge in [-0.05, 0) is 48.4 Å². The third-order valence-corrected chi connectivity index (χ3v) is 6.60. The maximum atomic E-state index is 13.2. The fourth-order valence-electron chi connectivity index (χ4n) is 2.46. The van der Waals surface area contributed by atoms with Crippen LogP contribution in [0.5, 0.6) is 11.5 Å². The van der Waals surface area contributed by atoms with Gasteiger partial charge >= 0.3 is 0 Å². The first-order chi connectivity index (χ1) is 17.0. The Morgan fingerprint density at radius 1 is 1.38 bits per heavy atom. The minimum atomic E-state index is -4.56. The molecule has 29 heavy (non-hydrogen) atoms. The fourth-order valence-corrected chi connectivity index (χ4v) is 5.02. The van der Waals surface area contributed by atoms with Crippen LogP contribution in [0.1, 0.15) is 37.5 Å². The Morgan fingerprint density at radius 2 is 2.17 bits per heavy atom. The third kappa shape index (κ3) is 3.70. The van der Waals surface area contributed by atoms with Gasteiger partial charge < -0.3 is 14.0 Å². The molecule has 2 aromatic heterocycles. The van der Waals surface area contributed by atoms with Gasteiger partial charge in [0.2, 0.25) is 6.79 Å². The summed E-state index contributed by atoms with van der Waals surface area (Å²) in [5, 5.41) is 3.97. The number of hydrogen-bond donors (Lipinski definition) is 1. The molecule has 0 saturated heterocycles. The zero-order valence-electron chi connectivity index (χ0n) is 22.2. The van der Waals surface area contributed by atoms with Gasteiger partial charge in [-0.25, -0.2) is 13.1 Å². The highest BCUT2D eigenvalue weighted by Crippen LogP contribution is 2.36. The number of ketones is 1. The number of nitrogens with one attached hydrogen (secondary N) is 1.